The Bertz CT molecular complexity index is 1040. The molecule has 2 aromatic carbocycles. The second kappa shape index (κ2) is 13.2. The van der Waals surface area contributed by atoms with Crippen molar-refractivity contribution in [1.29, 1.82) is 0 Å². The molecule has 3 rings (SSSR count). The van der Waals surface area contributed by atoms with Crippen LogP contribution in [0, 0.1) is 0 Å². The number of benzene rings is 2. The smallest absolute Gasteiger partial charge is 0.254 e. The molecule has 2 amide bonds. The van der Waals surface area contributed by atoms with Crippen LogP contribution in [0.2, 0.25) is 10.0 Å². The minimum Gasteiger partial charge on any atom is -0.467 e. The molecule has 1 aromatic heterocycles. The van der Waals surface area contributed by atoms with Gasteiger partial charge < -0.3 is 19.0 Å². The maximum atomic E-state index is 13.4. The number of halogens is 2. The molecule has 0 radical (unpaired) electrons. The van der Waals surface area contributed by atoms with Gasteiger partial charge in [-0.15, -0.1) is 0 Å². The average Bonchev–Trinajstić information content (AvgIpc) is 3.33. The van der Waals surface area contributed by atoms with Crippen LogP contribution in [0.15, 0.2) is 71.3 Å². The Kier molecular flexibility index (Phi) is 10.0. The predicted octanol–water partition coefficient (Wildman–Crippen LogP) is 5.68. The lowest BCUT2D eigenvalue weighted by Crippen LogP contribution is -2.43. The molecule has 6 nitrogen and oxygen atoms in total. The molecule has 0 saturated carbocycles. The molecule has 3 aromatic rings. The summed E-state index contributed by atoms with van der Waals surface area (Å²) in [5.74, 6) is 0.158. The van der Waals surface area contributed by atoms with E-state index in [0.717, 1.165) is 5.56 Å². The van der Waals surface area contributed by atoms with E-state index in [4.69, 9.17) is 32.4 Å². The monoisotopic (exact) mass is 502 g/mol. The summed E-state index contributed by atoms with van der Waals surface area (Å²) < 4.78 is 10.9. The van der Waals surface area contributed by atoms with Crippen LogP contribution in [0.4, 0.5) is 0 Å². The molecule has 0 atom stereocenters. The molecule has 0 aliphatic carbocycles. The van der Waals surface area contributed by atoms with Gasteiger partial charge in [0.2, 0.25) is 5.91 Å². The van der Waals surface area contributed by atoms with E-state index in [2.05, 4.69) is 0 Å². The van der Waals surface area contributed by atoms with Crippen LogP contribution in [0.3, 0.4) is 0 Å². The first-order valence-electron chi connectivity index (χ1n) is 11.1. The van der Waals surface area contributed by atoms with Gasteiger partial charge in [-0.25, -0.2) is 0 Å². The Morgan fingerprint density at radius 3 is 2.32 bits per heavy atom. The van der Waals surface area contributed by atoms with Gasteiger partial charge in [0.15, 0.2) is 0 Å². The SMILES string of the molecule is CCOCCCN(CC(=O)N(Cc1ccccc1)Cc1ccco1)C(=O)c1cc(Cl)cc(Cl)c1. The van der Waals surface area contributed by atoms with E-state index in [1.807, 2.05) is 43.3 Å². The third-order valence-electron chi connectivity index (χ3n) is 5.14. The second-order valence-electron chi connectivity index (χ2n) is 7.75. The second-order valence-corrected chi connectivity index (χ2v) is 8.62. The van der Waals surface area contributed by atoms with Crippen LogP contribution < -0.4 is 0 Å². The number of hydrogen-bond acceptors (Lipinski definition) is 4. The van der Waals surface area contributed by atoms with Crippen molar-refractivity contribution < 1.29 is 18.7 Å². The van der Waals surface area contributed by atoms with Crippen molar-refractivity contribution in [1.82, 2.24) is 9.80 Å². The lowest BCUT2D eigenvalue weighted by atomic mass is 10.1. The number of carbonyl (C=O) groups is 2. The molecule has 0 fully saturated rings. The van der Waals surface area contributed by atoms with Crippen molar-refractivity contribution in [3.8, 4) is 0 Å². The summed E-state index contributed by atoms with van der Waals surface area (Å²) in [6.45, 7) is 3.94. The van der Waals surface area contributed by atoms with E-state index in [1.165, 1.54) is 4.90 Å². The van der Waals surface area contributed by atoms with E-state index in [1.54, 1.807) is 35.4 Å². The van der Waals surface area contributed by atoms with E-state index in [9.17, 15) is 9.59 Å². The lowest BCUT2D eigenvalue weighted by molar-refractivity contribution is -0.133. The van der Waals surface area contributed by atoms with Crippen molar-refractivity contribution >= 4 is 35.0 Å². The first-order chi connectivity index (χ1) is 16.5. The van der Waals surface area contributed by atoms with Crippen LogP contribution in [0.25, 0.3) is 0 Å². The molecule has 0 aliphatic heterocycles. The van der Waals surface area contributed by atoms with Gasteiger partial charge in [0, 0.05) is 41.9 Å². The third-order valence-corrected chi connectivity index (χ3v) is 5.58. The van der Waals surface area contributed by atoms with Gasteiger partial charge in [-0.2, -0.15) is 0 Å². The van der Waals surface area contributed by atoms with E-state index < -0.39 is 0 Å². The fraction of sp³-hybridized carbons (Fsp3) is 0.308. The number of carbonyl (C=O) groups excluding carboxylic acids is 2. The molecular formula is C26H28Cl2N2O4. The summed E-state index contributed by atoms with van der Waals surface area (Å²) in [5.41, 5.74) is 1.32. The lowest BCUT2D eigenvalue weighted by Gasteiger charge is -2.27. The van der Waals surface area contributed by atoms with Gasteiger partial charge in [-0.1, -0.05) is 53.5 Å². The maximum absolute atomic E-state index is 13.4. The topological polar surface area (TPSA) is 63.0 Å². The fourth-order valence-electron chi connectivity index (χ4n) is 3.50. The molecule has 0 unspecified atom stereocenters. The van der Waals surface area contributed by atoms with Crippen molar-refractivity contribution in [3.05, 3.63) is 93.9 Å². The summed E-state index contributed by atoms with van der Waals surface area (Å²) in [5, 5.41) is 0.722. The predicted molar refractivity (Wildman–Crippen MR) is 133 cm³/mol. The van der Waals surface area contributed by atoms with Gasteiger partial charge in [0.05, 0.1) is 12.8 Å². The minimum absolute atomic E-state index is 0.0946. The normalized spacial score (nSPS) is 10.8. The van der Waals surface area contributed by atoms with Crippen LogP contribution in [-0.4, -0.2) is 47.9 Å². The summed E-state index contributed by atoms with van der Waals surface area (Å²) in [6, 6.07) is 18.0. The van der Waals surface area contributed by atoms with Gasteiger partial charge in [0.1, 0.15) is 12.3 Å². The van der Waals surface area contributed by atoms with Crippen LogP contribution in [0.5, 0.6) is 0 Å². The molecule has 1 heterocycles. The van der Waals surface area contributed by atoms with Crippen LogP contribution in [-0.2, 0) is 22.6 Å². The number of ether oxygens (including phenoxy) is 1. The number of hydrogen-bond donors (Lipinski definition) is 0. The number of nitrogens with zero attached hydrogens (tertiary/aromatic N) is 2. The Labute approximate surface area is 210 Å². The summed E-state index contributed by atoms with van der Waals surface area (Å²) in [4.78, 5) is 30.0. The third kappa shape index (κ3) is 7.90. The van der Waals surface area contributed by atoms with Gasteiger partial charge in [-0.3, -0.25) is 9.59 Å². The van der Waals surface area contributed by atoms with E-state index >= 15 is 0 Å². The molecule has 0 bridgehead atoms. The zero-order valence-electron chi connectivity index (χ0n) is 19.1. The zero-order valence-corrected chi connectivity index (χ0v) is 20.6. The van der Waals surface area contributed by atoms with Gasteiger partial charge >= 0.3 is 0 Å². The molecule has 8 heteroatoms. The quantitative estimate of drug-likeness (QED) is 0.298. The zero-order chi connectivity index (χ0) is 24.3. The van der Waals surface area contributed by atoms with Crippen LogP contribution >= 0.6 is 23.2 Å². The molecule has 0 N–H and O–H groups in total. The summed E-state index contributed by atoms with van der Waals surface area (Å²) in [6.07, 6.45) is 2.17. The maximum Gasteiger partial charge on any atom is 0.254 e. The van der Waals surface area contributed by atoms with Gasteiger partial charge in [0.25, 0.3) is 5.91 Å². The first-order valence-corrected chi connectivity index (χ1v) is 11.9. The number of furan rings is 1. The highest BCUT2D eigenvalue weighted by molar-refractivity contribution is 6.35. The Hall–Kier alpha value is -2.80. The Balaban J connectivity index is 1.80. The van der Waals surface area contributed by atoms with Crippen molar-refractivity contribution in [3.63, 3.8) is 0 Å². The van der Waals surface area contributed by atoms with Crippen molar-refractivity contribution in [2.75, 3.05) is 26.3 Å². The summed E-state index contributed by atoms with van der Waals surface area (Å²) in [7, 11) is 0. The molecule has 0 spiro atoms. The number of rotatable bonds is 12. The van der Waals surface area contributed by atoms with Crippen molar-refractivity contribution in [2.45, 2.75) is 26.4 Å². The average molecular weight is 503 g/mol. The molecule has 180 valence electrons. The Morgan fingerprint density at radius 2 is 1.68 bits per heavy atom. The highest BCUT2D eigenvalue weighted by Crippen LogP contribution is 2.21. The summed E-state index contributed by atoms with van der Waals surface area (Å²) >= 11 is 12.2. The molecule has 34 heavy (non-hydrogen) atoms. The molecule has 0 saturated heterocycles. The first kappa shape index (κ1) is 25.8. The fourth-order valence-corrected chi connectivity index (χ4v) is 4.03. The largest absolute Gasteiger partial charge is 0.467 e. The number of amides is 2. The van der Waals surface area contributed by atoms with E-state index in [0.29, 0.717) is 60.6 Å². The standard InChI is InChI=1S/C26H28Cl2N2O4/c1-2-33-12-7-11-29(26(32)21-14-22(27)16-23(28)15-21)19-25(31)30(18-24-10-6-13-34-24)17-20-8-4-3-5-9-20/h3-6,8-10,13-16H,2,7,11-12,17-19H2,1H3. The molecular weight excluding hydrogens is 475 g/mol. The minimum atomic E-state index is -0.313. The van der Waals surface area contributed by atoms with Crippen LogP contribution in [0.1, 0.15) is 35.0 Å². The van der Waals surface area contributed by atoms with E-state index in [-0.39, 0.29) is 18.4 Å². The molecule has 0 aliphatic rings. The van der Waals surface area contributed by atoms with Crippen molar-refractivity contribution in [2.24, 2.45) is 0 Å². The highest BCUT2D eigenvalue weighted by Gasteiger charge is 2.24. The van der Waals surface area contributed by atoms with Gasteiger partial charge in [-0.05, 0) is 49.2 Å². The highest BCUT2D eigenvalue weighted by atomic mass is 35.5. The Morgan fingerprint density at radius 1 is 0.941 bits per heavy atom.